The summed E-state index contributed by atoms with van der Waals surface area (Å²) < 4.78 is 0. The zero-order valence-corrected chi connectivity index (χ0v) is 8.66. The number of amides is 1. The van der Waals surface area contributed by atoms with Crippen molar-refractivity contribution in [3.05, 3.63) is 24.0 Å². The van der Waals surface area contributed by atoms with Gasteiger partial charge in [-0.3, -0.25) is 9.78 Å². The Labute approximate surface area is 87.7 Å². The van der Waals surface area contributed by atoms with Gasteiger partial charge in [-0.05, 0) is 19.1 Å². The number of hydrogen-bond acceptors (Lipinski definition) is 2. The minimum absolute atomic E-state index is 0.0675. The van der Waals surface area contributed by atoms with Crippen molar-refractivity contribution < 1.29 is 4.79 Å². The van der Waals surface area contributed by atoms with Gasteiger partial charge in [0.15, 0.2) is 0 Å². The third-order valence-electron chi connectivity index (χ3n) is 2.35. The van der Waals surface area contributed by atoms with E-state index in [-0.39, 0.29) is 11.3 Å². The summed E-state index contributed by atoms with van der Waals surface area (Å²) in [5.74, 6) is 0.0844. The van der Waals surface area contributed by atoms with Gasteiger partial charge in [0.25, 0.3) is 0 Å². The number of carbonyl (C=O) groups excluding carboxylic acids is 1. The third-order valence-corrected chi connectivity index (χ3v) is 2.64. The molecule has 0 radical (unpaired) electrons. The second-order valence-electron chi connectivity index (χ2n) is 3.41. The van der Waals surface area contributed by atoms with Crippen LogP contribution in [0.15, 0.2) is 18.3 Å². The summed E-state index contributed by atoms with van der Waals surface area (Å²) in [7, 11) is 0. The molecule has 0 spiro atoms. The Morgan fingerprint density at radius 2 is 2.43 bits per heavy atom. The number of aryl methyl sites for hydroxylation is 1. The standard InChI is InChI=1S/C10H11ClN2O/c1-7-9(3-2-4-12-7)13-6-8(11)5-10(13)14/h2-4,8H,5-6H2,1H3. The molecule has 1 unspecified atom stereocenters. The van der Waals surface area contributed by atoms with E-state index >= 15 is 0 Å². The van der Waals surface area contributed by atoms with Crippen LogP contribution in [0.1, 0.15) is 12.1 Å². The molecule has 0 aromatic carbocycles. The van der Waals surface area contributed by atoms with Crippen molar-refractivity contribution in [2.24, 2.45) is 0 Å². The fraction of sp³-hybridized carbons (Fsp3) is 0.400. The van der Waals surface area contributed by atoms with Crippen LogP contribution in [0.5, 0.6) is 0 Å². The molecule has 2 rings (SSSR count). The van der Waals surface area contributed by atoms with Gasteiger partial charge < -0.3 is 4.90 Å². The normalized spacial score (nSPS) is 21.7. The van der Waals surface area contributed by atoms with Crippen LogP contribution < -0.4 is 4.90 Å². The van der Waals surface area contributed by atoms with E-state index < -0.39 is 0 Å². The molecule has 1 saturated heterocycles. The lowest BCUT2D eigenvalue weighted by atomic mass is 10.3. The van der Waals surface area contributed by atoms with Crippen LogP contribution in [0.3, 0.4) is 0 Å². The molecule has 1 aliphatic heterocycles. The van der Waals surface area contributed by atoms with E-state index in [4.69, 9.17) is 11.6 Å². The lowest BCUT2D eigenvalue weighted by Gasteiger charge is -2.17. The second-order valence-corrected chi connectivity index (χ2v) is 4.03. The summed E-state index contributed by atoms with van der Waals surface area (Å²) in [5, 5.41) is -0.0675. The van der Waals surface area contributed by atoms with E-state index in [0.29, 0.717) is 13.0 Å². The Bertz CT molecular complexity index is 367. The van der Waals surface area contributed by atoms with Crippen LogP contribution >= 0.6 is 11.6 Å². The summed E-state index contributed by atoms with van der Waals surface area (Å²) in [5.41, 5.74) is 1.74. The largest absolute Gasteiger partial charge is 0.309 e. The monoisotopic (exact) mass is 210 g/mol. The molecule has 14 heavy (non-hydrogen) atoms. The van der Waals surface area contributed by atoms with Crippen molar-refractivity contribution in [1.29, 1.82) is 0 Å². The molecule has 1 fully saturated rings. The van der Waals surface area contributed by atoms with Crippen LogP contribution in [0.2, 0.25) is 0 Å². The Balaban J connectivity index is 2.32. The molecule has 4 heteroatoms. The fourth-order valence-electron chi connectivity index (χ4n) is 1.66. The molecule has 1 aliphatic rings. The summed E-state index contributed by atoms with van der Waals surface area (Å²) in [6.45, 7) is 2.48. The molecule has 1 amide bonds. The highest BCUT2D eigenvalue weighted by Gasteiger charge is 2.29. The van der Waals surface area contributed by atoms with Gasteiger partial charge >= 0.3 is 0 Å². The lowest BCUT2D eigenvalue weighted by Crippen LogP contribution is -2.25. The topological polar surface area (TPSA) is 33.2 Å². The lowest BCUT2D eigenvalue weighted by molar-refractivity contribution is -0.117. The summed E-state index contributed by atoms with van der Waals surface area (Å²) in [4.78, 5) is 17.4. The van der Waals surface area contributed by atoms with Crippen LogP contribution in [0, 0.1) is 6.92 Å². The molecule has 0 aliphatic carbocycles. The minimum atomic E-state index is -0.0675. The van der Waals surface area contributed by atoms with Crippen molar-refractivity contribution >= 4 is 23.2 Å². The second kappa shape index (κ2) is 3.58. The molecule has 3 nitrogen and oxygen atoms in total. The first kappa shape index (κ1) is 9.46. The first-order valence-corrected chi connectivity index (χ1v) is 4.98. The molecule has 1 aromatic heterocycles. The molecule has 0 bridgehead atoms. The summed E-state index contributed by atoms with van der Waals surface area (Å²) >= 11 is 5.92. The number of halogens is 1. The number of alkyl halides is 1. The molecule has 0 N–H and O–H groups in total. The SMILES string of the molecule is Cc1ncccc1N1CC(Cl)CC1=O. The first-order chi connectivity index (χ1) is 6.68. The van der Waals surface area contributed by atoms with Crippen molar-refractivity contribution in [1.82, 2.24) is 4.98 Å². The Hall–Kier alpha value is -1.09. The number of aromatic nitrogens is 1. The average Bonchev–Trinajstić information content (AvgIpc) is 2.46. The van der Waals surface area contributed by atoms with E-state index in [1.165, 1.54) is 0 Å². The summed E-state index contributed by atoms with van der Waals surface area (Å²) in [6.07, 6.45) is 2.15. The number of hydrogen-bond donors (Lipinski definition) is 0. The zero-order valence-electron chi connectivity index (χ0n) is 7.90. The first-order valence-electron chi connectivity index (χ1n) is 4.54. The molecular formula is C10H11ClN2O. The van der Waals surface area contributed by atoms with E-state index in [9.17, 15) is 4.79 Å². The Morgan fingerprint density at radius 1 is 1.64 bits per heavy atom. The number of carbonyl (C=O) groups is 1. The predicted octanol–water partition coefficient (Wildman–Crippen LogP) is 1.73. The van der Waals surface area contributed by atoms with Crippen LogP contribution in [0.4, 0.5) is 5.69 Å². The van der Waals surface area contributed by atoms with E-state index in [1.807, 2.05) is 19.1 Å². The Kier molecular flexibility index (Phi) is 2.42. The maximum Gasteiger partial charge on any atom is 0.228 e. The highest BCUT2D eigenvalue weighted by Crippen LogP contribution is 2.25. The van der Waals surface area contributed by atoms with Gasteiger partial charge in [-0.2, -0.15) is 0 Å². The Morgan fingerprint density at radius 3 is 3.00 bits per heavy atom. The van der Waals surface area contributed by atoms with E-state index in [2.05, 4.69) is 4.98 Å². The molecular weight excluding hydrogens is 200 g/mol. The number of anilines is 1. The predicted molar refractivity (Wildman–Crippen MR) is 55.6 cm³/mol. The van der Waals surface area contributed by atoms with Crippen molar-refractivity contribution in [3.63, 3.8) is 0 Å². The summed E-state index contributed by atoms with van der Waals surface area (Å²) in [6, 6.07) is 3.73. The molecule has 74 valence electrons. The maximum absolute atomic E-state index is 11.6. The zero-order chi connectivity index (χ0) is 10.1. The highest BCUT2D eigenvalue weighted by atomic mass is 35.5. The van der Waals surface area contributed by atoms with Gasteiger partial charge in [-0.15, -0.1) is 11.6 Å². The van der Waals surface area contributed by atoms with E-state index in [0.717, 1.165) is 11.4 Å². The molecule has 1 atom stereocenters. The van der Waals surface area contributed by atoms with Gasteiger partial charge in [0, 0.05) is 19.2 Å². The van der Waals surface area contributed by atoms with Crippen LogP contribution in [0.25, 0.3) is 0 Å². The maximum atomic E-state index is 11.6. The van der Waals surface area contributed by atoms with Crippen molar-refractivity contribution in [2.75, 3.05) is 11.4 Å². The molecule has 1 aromatic rings. The minimum Gasteiger partial charge on any atom is -0.309 e. The van der Waals surface area contributed by atoms with Gasteiger partial charge in [-0.25, -0.2) is 0 Å². The van der Waals surface area contributed by atoms with Crippen molar-refractivity contribution in [3.8, 4) is 0 Å². The number of nitrogens with zero attached hydrogens (tertiary/aromatic N) is 2. The number of rotatable bonds is 1. The third kappa shape index (κ3) is 1.60. The van der Waals surface area contributed by atoms with Gasteiger partial charge in [0.1, 0.15) is 0 Å². The smallest absolute Gasteiger partial charge is 0.228 e. The molecule has 0 saturated carbocycles. The molecule has 2 heterocycles. The highest BCUT2D eigenvalue weighted by molar-refractivity contribution is 6.24. The van der Waals surface area contributed by atoms with Gasteiger partial charge in [-0.1, -0.05) is 0 Å². The fourth-order valence-corrected chi connectivity index (χ4v) is 1.93. The van der Waals surface area contributed by atoms with Gasteiger partial charge in [0.2, 0.25) is 5.91 Å². The van der Waals surface area contributed by atoms with E-state index in [1.54, 1.807) is 11.1 Å². The quantitative estimate of drug-likeness (QED) is 0.662. The van der Waals surface area contributed by atoms with Crippen LogP contribution in [-0.4, -0.2) is 22.8 Å². The number of pyridine rings is 1. The average molecular weight is 211 g/mol. The van der Waals surface area contributed by atoms with Crippen LogP contribution in [-0.2, 0) is 4.79 Å². The van der Waals surface area contributed by atoms with Gasteiger partial charge in [0.05, 0.1) is 16.8 Å². The van der Waals surface area contributed by atoms with Crippen molar-refractivity contribution in [2.45, 2.75) is 18.7 Å².